The van der Waals surface area contributed by atoms with Gasteiger partial charge in [0.25, 0.3) is 0 Å². The van der Waals surface area contributed by atoms with E-state index in [1.54, 1.807) is 24.3 Å². The molecular formula is C21H16O3. The molecule has 0 heterocycles. The van der Waals surface area contributed by atoms with Gasteiger partial charge in [-0.05, 0) is 23.3 Å². The lowest BCUT2D eigenvalue weighted by atomic mass is 9.93. The molecule has 0 fully saturated rings. The van der Waals surface area contributed by atoms with Gasteiger partial charge in [-0.3, -0.25) is 4.79 Å². The molecule has 3 heteroatoms. The van der Waals surface area contributed by atoms with Gasteiger partial charge < -0.3 is 4.74 Å². The molecule has 0 saturated carbocycles. The first kappa shape index (κ1) is 15.7. The molecule has 0 radical (unpaired) electrons. The number of methoxy groups -OCH3 is 1. The van der Waals surface area contributed by atoms with Crippen molar-refractivity contribution >= 4 is 11.8 Å². The third kappa shape index (κ3) is 3.10. The lowest BCUT2D eigenvalue weighted by Gasteiger charge is -2.09. The van der Waals surface area contributed by atoms with Gasteiger partial charge in [0.05, 0.1) is 12.7 Å². The number of hydrogen-bond acceptors (Lipinski definition) is 3. The van der Waals surface area contributed by atoms with Gasteiger partial charge in [-0.25, -0.2) is 4.79 Å². The SMILES string of the molecule is COC(=O)c1ccc(-c2ccccc2C(=O)c2ccccc2)cc1. The van der Waals surface area contributed by atoms with Crippen molar-refractivity contribution in [2.24, 2.45) is 0 Å². The lowest BCUT2D eigenvalue weighted by molar-refractivity contribution is 0.0600. The normalized spacial score (nSPS) is 10.2. The Kier molecular flexibility index (Phi) is 4.52. The Labute approximate surface area is 140 Å². The summed E-state index contributed by atoms with van der Waals surface area (Å²) >= 11 is 0. The first-order chi connectivity index (χ1) is 11.7. The summed E-state index contributed by atoms with van der Waals surface area (Å²) in [6.07, 6.45) is 0. The van der Waals surface area contributed by atoms with Crippen molar-refractivity contribution in [2.75, 3.05) is 7.11 Å². The van der Waals surface area contributed by atoms with Crippen molar-refractivity contribution in [3.05, 3.63) is 95.6 Å². The highest BCUT2D eigenvalue weighted by atomic mass is 16.5. The average molecular weight is 316 g/mol. The first-order valence-electron chi connectivity index (χ1n) is 7.58. The fourth-order valence-electron chi connectivity index (χ4n) is 2.58. The van der Waals surface area contributed by atoms with Crippen LogP contribution in [0, 0.1) is 0 Å². The van der Waals surface area contributed by atoms with Gasteiger partial charge in [0.1, 0.15) is 0 Å². The minimum Gasteiger partial charge on any atom is -0.465 e. The number of carbonyl (C=O) groups excluding carboxylic acids is 2. The van der Waals surface area contributed by atoms with Gasteiger partial charge in [-0.15, -0.1) is 0 Å². The zero-order valence-electron chi connectivity index (χ0n) is 13.2. The van der Waals surface area contributed by atoms with Crippen molar-refractivity contribution < 1.29 is 14.3 Å². The van der Waals surface area contributed by atoms with Crippen LogP contribution in [0.25, 0.3) is 11.1 Å². The van der Waals surface area contributed by atoms with E-state index in [1.807, 2.05) is 54.6 Å². The van der Waals surface area contributed by atoms with E-state index < -0.39 is 0 Å². The Morgan fingerprint density at radius 2 is 1.33 bits per heavy atom. The van der Waals surface area contributed by atoms with Gasteiger partial charge in [0.2, 0.25) is 0 Å². The van der Waals surface area contributed by atoms with Crippen molar-refractivity contribution in [1.82, 2.24) is 0 Å². The molecule has 0 N–H and O–H groups in total. The summed E-state index contributed by atoms with van der Waals surface area (Å²) in [7, 11) is 1.35. The molecule has 3 rings (SSSR count). The zero-order valence-corrected chi connectivity index (χ0v) is 13.2. The minimum absolute atomic E-state index is 0.0248. The summed E-state index contributed by atoms with van der Waals surface area (Å²) in [5.41, 5.74) is 3.48. The predicted molar refractivity (Wildman–Crippen MR) is 93.1 cm³/mol. The number of carbonyl (C=O) groups is 2. The van der Waals surface area contributed by atoms with Gasteiger partial charge in [-0.1, -0.05) is 66.7 Å². The lowest BCUT2D eigenvalue weighted by Crippen LogP contribution is -2.04. The molecule has 3 aromatic carbocycles. The molecule has 24 heavy (non-hydrogen) atoms. The number of ketones is 1. The van der Waals surface area contributed by atoms with E-state index in [9.17, 15) is 9.59 Å². The maximum absolute atomic E-state index is 12.8. The zero-order chi connectivity index (χ0) is 16.9. The fourth-order valence-corrected chi connectivity index (χ4v) is 2.58. The molecule has 0 bridgehead atoms. The summed E-state index contributed by atoms with van der Waals surface area (Å²) in [4.78, 5) is 24.3. The molecule has 0 atom stereocenters. The number of ether oxygens (including phenoxy) is 1. The Bertz CT molecular complexity index is 865. The topological polar surface area (TPSA) is 43.4 Å². The molecule has 118 valence electrons. The smallest absolute Gasteiger partial charge is 0.337 e. The second-order valence-corrected chi connectivity index (χ2v) is 5.31. The summed E-state index contributed by atoms with van der Waals surface area (Å²) in [5, 5.41) is 0. The highest BCUT2D eigenvalue weighted by molar-refractivity contribution is 6.12. The van der Waals surface area contributed by atoms with Gasteiger partial charge >= 0.3 is 5.97 Å². The molecular weight excluding hydrogens is 300 g/mol. The van der Waals surface area contributed by atoms with E-state index >= 15 is 0 Å². The molecule has 0 aromatic heterocycles. The second-order valence-electron chi connectivity index (χ2n) is 5.31. The van der Waals surface area contributed by atoms with Crippen LogP contribution in [0.5, 0.6) is 0 Å². The van der Waals surface area contributed by atoms with Gasteiger partial charge in [0.15, 0.2) is 5.78 Å². The molecule has 3 nitrogen and oxygen atoms in total. The first-order valence-corrected chi connectivity index (χ1v) is 7.58. The standard InChI is InChI=1S/C21H16O3/c1-24-21(23)17-13-11-15(12-14-17)18-9-5-6-10-19(18)20(22)16-7-3-2-4-8-16/h2-14H,1H3. The quantitative estimate of drug-likeness (QED) is 0.530. The summed E-state index contributed by atoms with van der Waals surface area (Å²) in [6.45, 7) is 0. The maximum Gasteiger partial charge on any atom is 0.337 e. The van der Waals surface area contributed by atoms with Crippen molar-refractivity contribution in [3.63, 3.8) is 0 Å². The highest BCUT2D eigenvalue weighted by Gasteiger charge is 2.14. The number of benzene rings is 3. The van der Waals surface area contributed by atoms with Crippen LogP contribution in [-0.4, -0.2) is 18.9 Å². The van der Waals surface area contributed by atoms with Crippen LogP contribution in [-0.2, 0) is 4.74 Å². The highest BCUT2D eigenvalue weighted by Crippen LogP contribution is 2.26. The molecule has 0 amide bonds. The Balaban J connectivity index is 2.01. The number of rotatable bonds is 4. The predicted octanol–water partition coefficient (Wildman–Crippen LogP) is 4.37. The summed E-state index contributed by atoms with van der Waals surface area (Å²) in [6, 6.07) is 23.7. The number of hydrogen-bond donors (Lipinski definition) is 0. The fraction of sp³-hybridized carbons (Fsp3) is 0.0476. The molecule has 0 aliphatic rings. The van der Waals surface area contributed by atoms with E-state index in [2.05, 4.69) is 0 Å². The Hall–Kier alpha value is -3.20. The van der Waals surface area contributed by atoms with Crippen LogP contribution < -0.4 is 0 Å². The van der Waals surface area contributed by atoms with Crippen LogP contribution in [0.2, 0.25) is 0 Å². The van der Waals surface area contributed by atoms with E-state index in [1.165, 1.54) is 7.11 Å². The van der Waals surface area contributed by atoms with Crippen LogP contribution in [0.15, 0.2) is 78.9 Å². The molecule has 0 unspecified atom stereocenters. The molecule has 0 saturated heterocycles. The van der Waals surface area contributed by atoms with Crippen molar-refractivity contribution in [3.8, 4) is 11.1 Å². The largest absolute Gasteiger partial charge is 0.465 e. The molecule has 0 spiro atoms. The molecule has 3 aromatic rings. The summed E-state index contributed by atoms with van der Waals surface area (Å²) in [5.74, 6) is -0.404. The second kappa shape index (κ2) is 6.92. The average Bonchev–Trinajstić information content (AvgIpc) is 2.67. The van der Waals surface area contributed by atoms with Crippen molar-refractivity contribution in [1.29, 1.82) is 0 Å². The monoisotopic (exact) mass is 316 g/mol. The molecule has 0 aliphatic heterocycles. The van der Waals surface area contributed by atoms with E-state index in [4.69, 9.17) is 4.74 Å². The van der Waals surface area contributed by atoms with E-state index in [0.717, 1.165) is 11.1 Å². The third-order valence-electron chi connectivity index (χ3n) is 3.82. The van der Waals surface area contributed by atoms with Crippen molar-refractivity contribution in [2.45, 2.75) is 0 Å². The number of esters is 1. The van der Waals surface area contributed by atoms with Crippen LogP contribution in [0.4, 0.5) is 0 Å². The Morgan fingerprint density at radius 1 is 0.708 bits per heavy atom. The summed E-state index contributed by atoms with van der Waals surface area (Å²) < 4.78 is 4.71. The van der Waals surface area contributed by atoms with Gasteiger partial charge in [0, 0.05) is 11.1 Å². The Morgan fingerprint density at radius 3 is 2.00 bits per heavy atom. The maximum atomic E-state index is 12.8. The van der Waals surface area contributed by atoms with Crippen LogP contribution >= 0.6 is 0 Å². The van der Waals surface area contributed by atoms with Gasteiger partial charge in [-0.2, -0.15) is 0 Å². The minimum atomic E-state index is -0.379. The van der Waals surface area contributed by atoms with Crippen LogP contribution in [0.3, 0.4) is 0 Å². The van der Waals surface area contributed by atoms with Crippen LogP contribution in [0.1, 0.15) is 26.3 Å². The third-order valence-corrected chi connectivity index (χ3v) is 3.82. The molecule has 0 aliphatic carbocycles. The van der Waals surface area contributed by atoms with E-state index in [-0.39, 0.29) is 11.8 Å². The van der Waals surface area contributed by atoms with E-state index in [0.29, 0.717) is 16.7 Å².